The smallest absolute Gasteiger partial charge is 0.343 e. The Bertz CT molecular complexity index is 1570. The summed E-state index contributed by atoms with van der Waals surface area (Å²) in [5.74, 6) is -2.79. The van der Waals surface area contributed by atoms with E-state index in [0.29, 0.717) is 32.6 Å². The minimum absolute atomic E-state index is 0.141. The predicted octanol–water partition coefficient (Wildman–Crippen LogP) is 5.55. The molecule has 3 amide bonds. The van der Waals surface area contributed by atoms with Crippen LogP contribution in [0.5, 0.6) is 5.75 Å². The number of nitrogens with zero attached hydrogens (tertiary/aromatic N) is 1. The molecular weight excluding hydrogens is 555 g/mol. The maximum Gasteiger partial charge on any atom is 0.343 e. The molecule has 0 aliphatic rings. The summed E-state index contributed by atoms with van der Waals surface area (Å²) in [5.41, 5.74) is 3.84. The van der Waals surface area contributed by atoms with E-state index in [0.717, 1.165) is 0 Å². The van der Waals surface area contributed by atoms with Crippen LogP contribution in [0.25, 0.3) is 0 Å². The number of nitrogens with one attached hydrogen (secondary N) is 3. The second-order valence-electron chi connectivity index (χ2n) is 8.13. The highest BCUT2D eigenvalue weighted by Crippen LogP contribution is 2.19. The highest BCUT2D eigenvalue weighted by atomic mass is 35.5. The molecule has 40 heavy (non-hydrogen) atoms. The summed E-state index contributed by atoms with van der Waals surface area (Å²) in [6, 6.07) is 25.4. The van der Waals surface area contributed by atoms with Gasteiger partial charge in [-0.25, -0.2) is 10.2 Å². The van der Waals surface area contributed by atoms with E-state index in [2.05, 4.69) is 21.2 Å². The van der Waals surface area contributed by atoms with Crippen molar-refractivity contribution in [2.75, 3.05) is 10.6 Å². The van der Waals surface area contributed by atoms with Gasteiger partial charge in [0.15, 0.2) is 0 Å². The molecule has 0 saturated heterocycles. The molecule has 0 aromatic heterocycles. The van der Waals surface area contributed by atoms with Crippen molar-refractivity contribution in [2.45, 2.75) is 0 Å². The molecule has 3 N–H and O–H groups in total. The minimum Gasteiger partial charge on any atom is -0.423 e. The van der Waals surface area contributed by atoms with Gasteiger partial charge in [-0.05, 0) is 90.5 Å². The van der Waals surface area contributed by atoms with E-state index >= 15 is 0 Å². The van der Waals surface area contributed by atoms with Gasteiger partial charge in [0.25, 0.3) is 5.91 Å². The Kier molecular flexibility index (Phi) is 9.24. The van der Waals surface area contributed by atoms with Crippen molar-refractivity contribution >= 4 is 64.5 Å². The van der Waals surface area contributed by atoms with E-state index in [-0.39, 0.29) is 11.3 Å². The molecule has 0 atom stereocenters. The number of amides is 3. The van der Waals surface area contributed by atoms with Crippen LogP contribution in [0.15, 0.2) is 102 Å². The lowest BCUT2D eigenvalue weighted by Crippen LogP contribution is -2.33. The van der Waals surface area contributed by atoms with E-state index < -0.39 is 23.7 Å². The van der Waals surface area contributed by atoms with Crippen LogP contribution in [0, 0.1) is 0 Å². The van der Waals surface area contributed by atoms with Gasteiger partial charge in [-0.15, -0.1) is 0 Å². The van der Waals surface area contributed by atoms with E-state index in [1.165, 1.54) is 18.3 Å². The molecule has 4 aromatic rings. The molecule has 0 aliphatic carbocycles. The normalized spacial score (nSPS) is 10.6. The molecule has 0 fully saturated rings. The third kappa shape index (κ3) is 7.76. The number of hydrogen-bond donors (Lipinski definition) is 3. The molecular formula is C29H20Cl2N4O5. The monoisotopic (exact) mass is 574 g/mol. The largest absolute Gasteiger partial charge is 0.423 e. The Balaban J connectivity index is 1.30. The SMILES string of the molecule is O=C(NN=Cc1ccc(OC(=O)c2ccc(Cl)cc2)cc1)C(=O)Nc1ccccc1C(=O)Nc1ccc(Cl)cc1. The van der Waals surface area contributed by atoms with Crippen molar-refractivity contribution in [3.05, 3.63) is 124 Å². The molecule has 0 aliphatic heterocycles. The second kappa shape index (κ2) is 13.2. The first kappa shape index (κ1) is 28.0. The summed E-state index contributed by atoms with van der Waals surface area (Å²) < 4.78 is 5.31. The zero-order chi connectivity index (χ0) is 28.5. The fourth-order valence-corrected chi connectivity index (χ4v) is 3.54. The topological polar surface area (TPSA) is 126 Å². The van der Waals surface area contributed by atoms with Gasteiger partial charge < -0.3 is 15.4 Å². The number of para-hydroxylation sites is 1. The molecule has 0 saturated carbocycles. The molecule has 4 aromatic carbocycles. The first-order valence-electron chi connectivity index (χ1n) is 11.7. The lowest BCUT2D eigenvalue weighted by molar-refractivity contribution is -0.136. The average molecular weight is 575 g/mol. The van der Waals surface area contributed by atoms with Crippen LogP contribution in [0.3, 0.4) is 0 Å². The van der Waals surface area contributed by atoms with Crippen LogP contribution in [-0.4, -0.2) is 29.9 Å². The number of ether oxygens (including phenoxy) is 1. The summed E-state index contributed by atoms with van der Waals surface area (Å²) in [6.45, 7) is 0. The van der Waals surface area contributed by atoms with Gasteiger partial charge in [0, 0.05) is 15.7 Å². The zero-order valence-electron chi connectivity index (χ0n) is 20.6. The first-order chi connectivity index (χ1) is 19.3. The van der Waals surface area contributed by atoms with Crippen molar-refractivity contribution in [3.63, 3.8) is 0 Å². The van der Waals surface area contributed by atoms with Crippen molar-refractivity contribution < 1.29 is 23.9 Å². The number of rotatable bonds is 7. The molecule has 0 radical (unpaired) electrons. The molecule has 9 nitrogen and oxygen atoms in total. The van der Waals surface area contributed by atoms with Crippen LogP contribution in [-0.2, 0) is 9.59 Å². The quantitative estimate of drug-likeness (QED) is 0.0876. The number of halogens is 2. The van der Waals surface area contributed by atoms with Crippen molar-refractivity contribution in [1.82, 2.24) is 5.43 Å². The molecule has 11 heteroatoms. The third-order valence-electron chi connectivity index (χ3n) is 5.28. The van der Waals surface area contributed by atoms with E-state index in [1.807, 2.05) is 0 Å². The van der Waals surface area contributed by atoms with Crippen molar-refractivity contribution in [1.29, 1.82) is 0 Å². The standard InChI is InChI=1S/C29H20Cl2N4O5/c30-20-9-7-19(8-10-20)29(39)40-23-15-5-18(6-16-23)17-32-35-28(38)27(37)34-25-4-2-1-3-24(25)26(36)33-22-13-11-21(31)12-14-22/h1-17H,(H,33,36)(H,34,37)(H,35,38). The summed E-state index contributed by atoms with van der Waals surface area (Å²) >= 11 is 11.7. The zero-order valence-corrected chi connectivity index (χ0v) is 22.1. The fourth-order valence-electron chi connectivity index (χ4n) is 3.29. The molecule has 0 spiro atoms. The number of carbonyl (C=O) groups excluding carboxylic acids is 4. The molecule has 0 heterocycles. The number of carbonyl (C=O) groups is 4. The van der Waals surface area contributed by atoms with Crippen LogP contribution >= 0.6 is 23.2 Å². The Morgan fingerprint density at radius 2 is 1.32 bits per heavy atom. The molecule has 4 rings (SSSR count). The van der Waals surface area contributed by atoms with Crippen molar-refractivity contribution in [3.8, 4) is 5.75 Å². The number of esters is 1. The summed E-state index contributed by atoms with van der Waals surface area (Å²) in [7, 11) is 0. The number of hydrogen-bond acceptors (Lipinski definition) is 6. The lowest BCUT2D eigenvalue weighted by atomic mass is 10.1. The molecule has 0 bridgehead atoms. The van der Waals surface area contributed by atoms with Crippen LogP contribution in [0.1, 0.15) is 26.3 Å². The minimum atomic E-state index is -1.04. The van der Waals surface area contributed by atoms with Crippen LogP contribution in [0.4, 0.5) is 11.4 Å². The highest BCUT2D eigenvalue weighted by Gasteiger charge is 2.18. The van der Waals surface area contributed by atoms with Gasteiger partial charge in [-0.1, -0.05) is 35.3 Å². The second-order valence-corrected chi connectivity index (χ2v) is 9.00. The van der Waals surface area contributed by atoms with E-state index in [4.69, 9.17) is 27.9 Å². The van der Waals surface area contributed by atoms with Gasteiger partial charge >= 0.3 is 17.8 Å². The molecule has 0 unspecified atom stereocenters. The van der Waals surface area contributed by atoms with Crippen LogP contribution in [0.2, 0.25) is 10.0 Å². The number of benzene rings is 4. The Labute approximate surface area is 238 Å². The number of hydrazone groups is 1. The van der Waals surface area contributed by atoms with Gasteiger partial charge in [0.1, 0.15) is 5.75 Å². The van der Waals surface area contributed by atoms with Crippen LogP contribution < -0.4 is 20.8 Å². The van der Waals surface area contributed by atoms with E-state index in [1.54, 1.807) is 84.9 Å². The lowest BCUT2D eigenvalue weighted by Gasteiger charge is -2.11. The highest BCUT2D eigenvalue weighted by molar-refractivity contribution is 6.40. The summed E-state index contributed by atoms with van der Waals surface area (Å²) in [6.07, 6.45) is 1.31. The van der Waals surface area contributed by atoms with Gasteiger partial charge in [-0.2, -0.15) is 5.10 Å². The predicted molar refractivity (Wildman–Crippen MR) is 153 cm³/mol. The van der Waals surface area contributed by atoms with Crippen molar-refractivity contribution in [2.24, 2.45) is 5.10 Å². The first-order valence-corrected chi connectivity index (χ1v) is 12.4. The number of anilines is 2. The Morgan fingerprint density at radius 1 is 0.700 bits per heavy atom. The van der Waals surface area contributed by atoms with Gasteiger partial charge in [-0.3, -0.25) is 14.4 Å². The molecule has 200 valence electrons. The Hall–Kier alpha value is -4.99. The summed E-state index contributed by atoms with van der Waals surface area (Å²) in [5, 5.41) is 9.92. The maximum absolute atomic E-state index is 12.7. The average Bonchev–Trinajstić information content (AvgIpc) is 2.95. The summed E-state index contributed by atoms with van der Waals surface area (Å²) in [4.78, 5) is 49.6. The fraction of sp³-hybridized carbons (Fsp3) is 0. The third-order valence-corrected chi connectivity index (χ3v) is 5.78. The van der Waals surface area contributed by atoms with E-state index in [9.17, 15) is 19.2 Å². The Morgan fingerprint density at radius 3 is 2.00 bits per heavy atom. The van der Waals surface area contributed by atoms with Gasteiger partial charge in [0.05, 0.1) is 23.0 Å². The van der Waals surface area contributed by atoms with Gasteiger partial charge in [0.2, 0.25) is 0 Å². The maximum atomic E-state index is 12.7.